The fraction of sp³-hybridized carbons (Fsp3) is 0. The van der Waals surface area contributed by atoms with Crippen LogP contribution in [-0.4, -0.2) is 14.9 Å². The number of rotatable bonds is 1. The summed E-state index contributed by atoms with van der Waals surface area (Å²) in [4.78, 5) is 16.5. The van der Waals surface area contributed by atoms with E-state index in [9.17, 15) is 10.0 Å². The van der Waals surface area contributed by atoms with Crippen molar-refractivity contribution in [3.8, 4) is 11.4 Å². The molecule has 0 saturated carbocycles. The van der Waals surface area contributed by atoms with Gasteiger partial charge in [-0.1, -0.05) is 39.1 Å². The summed E-state index contributed by atoms with van der Waals surface area (Å²) < 4.78 is 1.22. The van der Waals surface area contributed by atoms with Crippen LogP contribution in [0.25, 0.3) is 22.3 Å². The average Bonchev–Trinajstić information content (AvgIpc) is 2.44. The minimum absolute atomic E-state index is 0.0662. The Labute approximate surface area is 137 Å². The first-order chi connectivity index (χ1) is 9.97. The Kier molecular flexibility index (Phi) is 3.65. The van der Waals surface area contributed by atoms with Gasteiger partial charge in [-0.05, 0) is 36.4 Å². The molecule has 3 aromatic rings. The molecule has 0 spiro atoms. The van der Waals surface area contributed by atoms with Gasteiger partial charge in [-0.25, -0.2) is 4.98 Å². The van der Waals surface area contributed by atoms with Crippen molar-refractivity contribution in [2.75, 3.05) is 0 Å². The van der Waals surface area contributed by atoms with E-state index in [1.165, 1.54) is 6.07 Å². The molecule has 1 N–H and O–H groups in total. The second-order valence-electron chi connectivity index (χ2n) is 4.34. The number of aromatic nitrogens is 2. The summed E-state index contributed by atoms with van der Waals surface area (Å²) in [5.41, 5.74) is 0.322. The summed E-state index contributed by atoms with van der Waals surface area (Å²) in [5, 5.41) is 11.1. The summed E-state index contributed by atoms with van der Waals surface area (Å²) >= 11 is 15.2. The Balaban J connectivity index is 2.36. The fourth-order valence-corrected chi connectivity index (χ4v) is 2.85. The van der Waals surface area contributed by atoms with Crippen molar-refractivity contribution >= 4 is 50.0 Å². The molecular weight excluding hydrogens is 379 g/mol. The predicted molar refractivity (Wildman–Crippen MR) is 86.3 cm³/mol. The van der Waals surface area contributed by atoms with E-state index in [4.69, 9.17) is 23.2 Å². The topological polar surface area (TPSA) is 55.1 Å². The molecule has 4 nitrogen and oxygen atoms in total. The lowest BCUT2D eigenvalue weighted by atomic mass is 10.2. The van der Waals surface area contributed by atoms with Gasteiger partial charge >= 0.3 is 0 Å². The first-order valence-corrected chi connectivity index (χ1v) is 7.39. The zero-order chi connectivity index (χ0) is 15.1. The van der Waals surface area contributed by atoms with Crippen LogP contribution in [0.1, 0.15) is 0 Å². The molecule has 0 fully saturated rings. The quantitative estimate of drug-likeness (QED) is 0.632. The molecule has 0 aliphatic rings. The summed E-state index contributed by atoms with van der Waals surface area (Å²) in [6.45, 7) is 0. The molecule has 0 atom stereocenters. The predicted octanol–water partition coefficient (Wildman–Crippen LogP) is 4.37. The molecule has 0 unspecified atom stereocenters. The monoisotopic (exact) mass is 384 g/mol. The third-order valence-corrected chi connectivity index (χ3v) is 4.02. The lowest BCUT2D eigenvalue weighted by Crippen LogP contribution is -2.21. The Morgan fingerprint density at radius 3 is 2.62 bits per heavy atom. The van der Waals surface area contributed by atoms with E-state index in [1.807, 2.05) is 0 Å². The van der Waals surface area contributed by atoms with Crippen molar-refractivity contribution in [3.05, 3.63) is 61.3 Å². The standard InChI is InChI=1S/C14H7BrCl2N2O2/c15-7-1-4-12-10(5-7)14(20)19(21)13(18-12)9-3-2-8(16)6-11(9)17/h1-6,21H. The van der Waals surface area contributed by atoms with Gasteiger partial charge in [0.05, 0.1) is 15.9 Å². The highest BCUT2D eigenvalue weighted by molar-refractivity contribution is 9.10. The minimum Gasteiger partial charge on any atom is -0.423 e. The average molecular weight is 386 g/mol. The van der Waals surface area contributed by atoms with Gasteiger partial charge < -0.3 is 5.21 Å². The van der Waals surface area contributed by atoms with E-state index in [0.29, 0.717) is 31.2 Å². The van der Waals surface area contributed by atoms with E-state index in [-0.39, 0.29) is 5.82 Å². The zero-order valence-corrected chi connectivity index (χ0v) is 13.4. The van der Waals surface area contributed by atoms with E-state index in [1.54, 1.807) is 30.3 Å². The minimum atomic E-state index is -0.567. The first kappa shape index (κ1) is 14.4. The van der Waals surface area contributed by atoms with Gasteiger partial charge in [0.2, 0.25) is 0 Å². The molecule has 1 aromatic heterocycles. The van der Waals surface area contributed by atoms with Crippen LogP contribution in [0.3, 0.4) is 0 Å². The van der Waals surface area contributed by atoms with Crippen molar-refractivity contribution in [1.29, 1.82) is 0 Å². The van der Waals surface area contributed by atoms with E-state index >= 15 is 0 Å². The van der Waals surface area contributed by atoms with E-state index in [0.717, 1.165) is 4.47 Å². The lowest BCUT2D eigenvalue weighted by Gasteiger charge is -2.09. The molecular formula is C14H7BrCl2N2O2. The summed E-state index contributed by atoms with van der Waals surface area (Å²) in [6.07, 6.45) is 0. The van der Waals surface area contributed by atoms with Crippen molar-refractivity contribution in [1.82, 2.24) is 9.71 Å². The molecule has 0 aliphatic heterocycles. The van der Waals surface area contributed by atoms with Crippen LogP contribution in [0.2, 0.25) is 10.0 Å². The van der Waals surface area contributed by atoms with Crippen LogP contribution < -0.4 is 5.56 Å². The first-order valence-electron chi connectivity index (χ1n) is 5.84. The van der Waals surface area contributed by atoms with Gasteiger partial charge in [-0.15, -0.1) is 4.73 Å². The second-order valence-corrected chi connectivity index (χ2v) is 6.10. The van der Waals surface area contributed by atoms with Gasteiger partial charge in [-0.2, -0.15) is 0 Å². The van der Waals surface area contributed by atoms with Gasteiger partial charge in [-0.3, -0.25) is 4.79 Å². The Hall–Kier alpha value is -1.56. The SMILES string of the molecule is O=c1c2cc(Br)ccc2nc(-c2ccc(Cl)cc2Cl)n1O. The van der Waals surface area contributed by atoms with Crippen LogP contribution in [0.4, 0.5) is 0 Å². The Bertz CT molecular complexity index is 925. The highest BCUT2D eigenvalue weighted by Crippen LogP contribution is 2.29. The van der Waals surface area contributed by atoms with Gasteiger partial charge in [0.15, 0.2) is 5.82 Å². The Morgan fingerprint density at radius 1 is 1.14 bits per heavy atom. The summed E-state index contributed by atoms with van der Waals surface area (Å²) in [6, 6.07) is 9.80. The van der Waals surface area contributed by atoms with Crippen LogP contribution in [-0.2, 0) is 0 Å². The van der Waals surface area contributed by atoms with Crippen molar-refractivity contribution < 1.29 is 5.21 Å². The Morgan fingerprint density at radius 2 is 1.90 bits per heavy atom. The summed E-state index contributed by atoms with van der Waals surface area (Å²) in [5.74, 6) is 0.0662. The molecule has 0 radical (unpaired) electrons. The van der Waals surface area contributed by atoms with Crippen molar-refractivity contribution in [2.45, 2.75) is 0 Å². The van der Waals surface area contributed by atoms with Crippen LogP contribution in [0, 0.1) is 0 Å². The van der Waals surface area contributed by atoms with E-state index in [2.05, 4.69) is 20.9 Å². The van der Waals surface area contributed by atoms with Crippen molar-refractivity contribution in [2.24, 2.45) is 0 Å². The normalized spacial score (nSPS) is 11.0. The van der Waals surface area contributed by atoms with E-state index < -0.39 is 5.56 Å². The summed E-state index contributed by atoms with van der Waals surface area (Å²) in [7, 11) is 0. The van der Waals surface area contributed by atoms with Crippen LogP contribution >= 0.6 is 39.1 Å². The zero-order valence-electron chi connectivity index (χ0n) is 10.3. The molecule has 0 amide bonds. The lowest BCUT2D eigenvalue weighted by molar-refractivity contribution is 0.178. The molecule has 1 heterocycles. The molecule has 7 heteroatoms. The van der Waals surface area contributed by atoms with Gasteiger partial charge in [0.1, 0.15) is 0 Å². The molecule has 0 saturated heterocycles. The van der Waals surface area contributed by atoms with Gasteiger partial charge in [0, 0.05) is 15.1 Å². The maximum atomic E-state index is 12.2. The fourth-order valence-electron chi connectivity index (χ4n) is 1.99. The molecule has 3 rings (SSSR count). The number of fused-ring (bicyclic) bond motifs is 1. The third-order valence-electron chi connectivity index (χ3n) is 2.98. The van der Waals surface area contributed by atoms with Crippen LogP contribution in [0.5, 0.6) is 0 Å². The van der Waals surface area contributed by atoms with Crippen LogP contribution in [0.15, 0.2) is 45.7 Å². The van der Waals surface area contributed by atoms with Gasteiger partial charge in [0.25, 0.3) is 5.56 Å². The molecule has 21 heavy (non-hydrogen) atoms. The number of benzene rings is 2. The maximum Gasteiger partial charge on any atom is 0.294 e. The molecule has 0 bridgehead atoms. The highest BCUT2D eigenvalue weighted by atomic mass is 79.9. The van der Waals surface area contributed by atoms with Crippen molar-refractivity contribution in [3.63, 3.8) is 0 Å². The maximum absolute atomic E-state index is 12.2. The molecule has 0 aliphatic carbocycles. The highest BCUT2D eigenvalue weighted by Gasteiger charge is 2.15. The number of hydrogen-bond donors (Lipinski definition) is 1. The molecule has 106 valence electrons. The number of nitrogens with zero attached hydrogens (tertiary/aromatic N) is 2. The number of halogens is 3. The smallest absolute Gasteiger partial charge is 0.294 e. The largest absolute Gasteiger partial charge is 0.423 e. The third kappa shape index (κ3) is 2.52. The number of hydrogen-bond acceptors (Lipinski definition) is 3. The second kappa shape index (κ2) is 5.33. The molecule has 2 aromatic carbocycles.